The van der Waals surface area contributed by atoms with Crippen molar-refractivity contribution in [1.82, 2.24) is 34.1 Å². The van der Waals surface area contributed by atoms with Gasteiger partial charge in [0.25, 0.3) is 11.8 Å². The second-order valence-corrected chi connectivity index (χ2v) is 15.6. The summed E-state index contributed by atoms with van der Waals surface area (Å²) in [6.07, 6.45) is 5.28. The minimum atomic E-state index is -3.74. The molecule has 7 rings (SSSR count). The van der Waals surface area contributed by atoms with Crippen LogP contribution in [0.5, 0.6) is 0 Å². The van der Waals surface area contributed by atoms with Gasteiger partial charge in [-0.2, -0.15) is 4.31 Å². The number of aromatic amines is 2. The van der Waals surface area contributed by atoms with E-state index in [1.54, 1.807) is 50.1 Å². The maximum atomic E-state index is 14.5. The molecule has 0 aliphatic carbocycles. The van der Waals surface area contributed by atoms with Crippen LogP contribution >= 0.6 is 0 Å². The number of benzene rings is 3. The zero-order valence-electron chi connectivity index (χ0n) is 30.3. The van der Waals surface area contributed by atoms with Crippen LogP contribution in [-0.2, 0) is 22.9 Å². The van der Waals surface area contributed by atoms with Crippen LogP contribution in [0.4, 0.5) is 0 Å². The highest BCUT2D eigenvalue weighted by Crippen LogP contribution is 2.25. The average Bonchev–Trinajstić information content (AvgIpc) is 3.89. The van der Waals surface area contributed by atoms with Gasteiger partial charge in [-0.15, -0.1) is 0 Å². The van der Waals surface area contributed by atoms with Crippen LogP contribution in [0.3, 0.4) is 0 Å². The van der Waals surface area contributed by atoms with Crippen molar-refractivity contribution < 1.29 is 22.5 Å². The van der Waals surface area contributed by atoms with Crippen LogP contribution in [0, 0.1) is 13.8 Å². The summed E-state index contributed by atoms with van der Waals surface area (Å²) in [6, 6.07) is 23.3. The number of carbonyl (C=O) groups is 2. The molecule has 2 N–H and O–H groups in total. The van der Waals surface area contributed by atoms with Crippen molar-refractivity contribution in [2.24, 2.45) is 0 Å². The third kappa shape index (κ3) is 7.50. The van der Waals surface area contributed by atoms with Gasteiger partial charge in [0.05, 0.1) is 11.1 Å². The number of rotatable bonds is 13. The summed E-state index contributed by atoms with van der Waals surface area (Å²) >= 11 is 0. The molecule has 4 heterocycles. The van der Waals surface area contributed by atoms with Crippen LogP contribution in [0.2, 0.25) is 0 Å². The van der Waals surface area contributed by atoms with Gasteiger partial charge in [-0.3, -0.25) is 14.5 Å². The molecule has 0 atom stereocenters. The summed E-state index contributed by atoms with van der Waals surface area (Å²) in [5.74, 6) is -0.132. The number of para-hydroxylation sites is 2. The quantitative estimate of drug-likeness (QED) is 0.165. The van der Waals surface area contributed by atoms with E-state index < -0.39 is 10.0 Å². The van der Waals surface area contributed by atoms with Crippen molar-refractivity contribution >= 4 is 43.6 Å². The third-order valence-corrected chi connectivity index (χ3v) is 12.5. The molecule has 1 saturated heterocycles. The number of likely N-dealkylation sites (N-methyl/N-ethyl adjacent to an activating group) is 1. The van der Waals surface area contributed by atoms with Crippen LogP contribution in [0.1, 0.15) is 43.3 Å². The first-order chi connectivity index (χ1) is 25.6. The van der Waals surface area contributed by atoms with Gasteiger partial charge in [0.2, 0.25) is 10.0 Å². The van der Waals surface area contributed by atoms with Gasteiger partial charge >= 0.3 is 0 Å². The Kier molecular flexibility index (Phi) is 10.5. The van der Waals surface area contributed by atoms with Crippen LogP contribution in [0.25, 0.3) is 21.8 Å². The first-order valence-corrected chi connectivity index (χ1v) is 19.4. The number of nitrogens with zero attached hydrogens (tertiary/aromatic N) is 5. The number of amides is 2. The summed E-state index contributed by atoms with van der Waals surface area (Å²) in [6.45, 7) is 6.82. The Morgan fingerprint density at radius 2 is 1.30 bits per heavy atom. The summed E-state index contributed by atoms with van der Waals surface area (Å²) < 4.78 is 33.4. The van der Waals surface area contributed by atoms with Crippen molar-refractivity contribution in [3.05, 3.63) is 119 Å². The normalized spacial score (nSPS) is 14.2. The van der Waals surface area contributed by atoms with Gasteiger partial charge in [-0.25, -0.2) is 8.42 Å². The zero-order chi connectivity index (χ0) is 37.1. The molecule has 12 nitrogen and oxygen atoms in total. The summed E-state index contributed by atoms with van der Waals surface area (Å²) in [4.78, 5) is 40.9. The third-order valence-electron chi connectivity index (χ3n) is 10.3. The second kappa shape index (κ2) is 15.4. The van der Waals surface area contributed by atoms with Gasteiger partial charge in [0.15, 0.2) is 5.76 Å². The molecule has 53 heavy (non-hydrogen) atoms. The van der Waals surface area contributed by atoms with Gasteiger partial charge in [-0.1, -0.05) is 53.7 Å². The monoisotopic (exact) mass is 735 g/mol. The van der Waals surface area contributed by atoms with Crippen LogP contribution < -0.4 is 0 Å². The summed E-state index contributed by atoms with van der Waals surface area (Å²) in [5, 5.41) is 6.09. The molecule has 0 unspecified atom stereocenters. The number of aryl methyl sites for hydroxylation is 2. The molecule has 0 radical (unpaired) electrons. The molecule has 0 bridgehead atoms. The lowest BCUT2D eigenvalue weighted by molar-refractivity contribution is 0.0709. The summed E-state index contributed by atoms with van der Waals surface area (Å²) in [7, 11) is -1.96. The first kappa shape index (κ1) is 36.1. The van der Waals surface area contributed by atoms with Crippen molar-refractivity contribution in [3.8, 4) is 0 Å². The number of carbonyl (C=O) groups excluding carboxylic acids is 2. The van der Waals surface area contributed by atoms with Crippen molar-refractivity contribution in [1.29, 1.82) is 0 Å². The number of piperazine rings is 1. The lowest BCUT2D eigenvalue weighted by atomic mass is 10.0. The Bertz CT molecular complexity index is 2330. The molecule has 1 fully saturated rings. The van der Waals surface area contributed by atoms with Crippen molar-refractivity contribution in [3.63, 3.8) is 0 Å². The smallest absolute Gasteiger partial charge is 0.254 e. The minimum Gasteiger partial charge on any atom is -0.361 e. The van der Waals surface area contributed by atoms with E-state index in [9.17, 15) is 18.0 Å². The number of fused-ring (bicyclic) bond motifs is 2. The molecule has 1 aliphatic heterocycles. The molecule has 0 spiro atoms. The van der Waals surface area contributed by atoms with Crippen LogP contribution in [0.15, 0.2) is 94.6 Å². The minimum absolute atomic E-state index is 0.136. The number of sulfonamides is 1. The number of aromatic nitrogens is 3. The Balaban J connectivity index is 1.06. The van der Waals surface area contributed by atoms with E-state index in [2.05, 4.69) is 32.2 Å². The highest BCUT2D eigenvalue weighted by Gasteiger charge is 2.33. The predicted octanol–water partition coefficient (Wildman–Crippen LogP) is 5.26. The van der Waals surface area contributed by atoms with Gasteiger partial charge < -0.3 is 24.3 Å². The van der Waals surface area contributed by atoms with E-state index in [4.69, 9.17) is 4.52 Å². The lowest BCUT2D eigenvalue weighted by Gasteiger charge is -2.35. The molecular weight excluding hydrogens is 691 g/mol. The zero-order valence-corrected chi connectivity index (χ0v) is 31.2. The predicted molar refractivity (Wildman–Crippen MR) is 204 cm³/mol. The number of hydrogen-bond donors (Lipinski definition) is 2. The van der Waals surface area contributed by atoms with Gasteiger partial charge in [-0.05, 0) is 62.1 Å². The largest absolute Gasteiger partial charge is 0.361 e. The van der Waals surface area contributed by atoms with E-state index >= 15 is 0 Å². The van der Waals surface area contributed by atoms with E-state index in [1.165, 1.54) is 4.31 Å². The number of H-pyrrole nitrogens is 2. The fraction of sp³-hybridized carbons (Fsp3) is 0.325. The van der Waals surface area contributed by atoms with Gasteiger partial charge in [0, 0.05) is 93.6 Å². The standard InChI is InChI=1S/C40H45N7O5S/c1-28-38(29(2)52-43-28)53(50,51)47-24-21-45(22-25-47)20-23-46(19-17-31-27-42-37-15-9-7-11-33(31)37)40(49)35-13-5-4-12-34(35)39(48)44(3)18-16-30-26-41-36-14-8-6-10-32(30)36/h4-15,26-27,41-42H,16-25H2,1-3H3. The van der Waals surface area contributed by atoms with Crippen molar-refractivity contribution in [2.75, 3.05) is 59.4 Å². The highest BCUT2D eigenvalue weighted by atomic mass is 32.2. The second-order valence-electron chi connectivity index (χ2n) is 13.7. The van der Waals surface area contributed by atoms with E-state index in [1.807, 2.05) is 53.7 Å². The van der Waals surface area contributed by atoms with E-state index in [0.29, 0.717) is 82.0 Å². The SMILES string of the molecule is Cc1noc(C)c1S(=O)(=O)N1CCN(CCN(CCc2c[nH]c3ccccc23)C(=O)c2ccccc2C(=O)N(C)CCc2c[nH]c3ccccc23)CC1. The molecule has 1 aliphatic rings. The maximum absolute atomic E-state index is 14.5. The maximum Gasteiger partial charge on any atom is 0.254 e. The first-order valence-electron chi connectivity index (χ1n) is 18.0. The van der Waals surface area contributed by atoms with Crippen LogP contribution in [-0.4, -0.2) is 114 Å². The molecule has 6 aromatic rings. The Morgan fingerprint density at radius 3 is 1.89 bits per heavy atom. The lowest BCUT2D eigenvalue weighted by Crippen LogP contribution is -2.50. The number of nitrogens with one attached hydrogen (secondary N) is 2. The number of hydrogen-bond acceptors (Lipinski definition) is 7. The Morgan fingerprint density at radius 1 is 0.755 bits per heavy atom. The fourth-order valence-electron chi connectivity index (χ4n) is 7.30. The molecule has 276 valence electrons. The molecule has 3 aromatic carbocycles. The average molecular weight is 736 g/mol. The fourth-order valence-corrected chi connectivity index (χ4v) is 9.01. The van der Waals surface area contributed by atoms with E-state index in [0.717, 1.165) is 32.9 Å². The molecule has 2 amide bonds. The highest BCUT2D eigenvalue weighted by molar-refractivity contribution is 7.89. The van der Waals surface area contributed by atoms with Gasteiger partial charge in [0.1, 0.15) is 10.6 Å². The molecule has 13 heteroatoms. The molecular formula is C40H45N7O5S. The topological polar surface area (TPSA) is 139 Å². The van der Waals surface area contributed by atoms with Crippen molar-refractivity contribution in [2.45, 2.75) is 31.6 Å². The van der Waals surface area contributed by atoms with E-state index in [-0.39, 0.29) is 22.5 Å². The Labute approximate surface area is 309 Å². The molecule has 3 aromatic heterocycles. The summed E-state index contributed by atoms with van der Waals surface area (Å²) in [5.41, 5.74) is 5.43. The molecule has 0 saturated carbocycles. The Hall–Kier alpha value is -5.24.